The van der Waals surface area contributed by atoms with Crippen LogP contribution in [0.15, 0.2) is 24.5 Å². The van der Waals surface area contributed by atoms with Gasteiger partial charge in [-0.1, -0.05) is 19.9 Å². The van der Waals surface area contributed by atoms with Gasteiger partial charge in [0, 0.05) is 25.5 Å². The molecule has 1 atom stereocenters. The van der Waals surface area contributed by atoms with Crippen molar-refractivity contribution in [2.75, 3.05) is 13.1 Å². The van der Waals surface area contributed by atoms with E-state index in [1.807, 2.05) is 32.2 Å². The van der Waals surface area contributed by atoms with Crippen LogP contribution in [0.1, 0.15) is 19.4 Å². The monoisotopic (exact) mass is 235 g/mol. The quantitative estimate of drug-likeness (QED) is 0.772. The van der Waals surface area contributed by atoms with Gasteiger partial charge in [-0.2, -0.15) is 0 Å². The topological polar surface area (TPSA) is 68.0 Å². The third kappa shape index (κ3) is 4.53. The molecule has 0 aliphatic heterocycles. The van der Waals surface area contributed by atoms with Crippen molar-refractivity contribution in [1.82, 2.24) is 10.3 Å². The highest BCUT2D eigenvalue weighted by Crippen LogP contribution is 2.08. The summed E-state index contributed by atoms with van der Waals surface area (Å²) in [7, 11) is 0. The van der Waals surface area contributed by atoms with Crippen LogP contribution in [0.25, 0.3) is 0 Å². The molecular formula is C13H21N3O. The van der Waals surface area contributed by atoms with Gasteiger partial charge < -0.3 is 11.1 Å². The first-order chi connectivity index (χ1) is 8.15. The van der Waals surface area contributed by atoms with Crippen LogP contribution in [0.2, 0.25) is 0 Å². The lowest BCUT2D eigenvalue weighted by atomic mass is 9.95. The van der Waals surface area contributed by atoms with Crippen molar-refractivity contribution in [3.05, 3.63) is 30.1 Å². The first kappa shape index (κ1) is 13.6. The standard InChI is InChI=1S/C13H21N3O/c1-10(2)12(8-14)13(17)16-7-5-11-4-3-6-15-9-11/h3-4,6,9-10,12H,5,7-8,14H2,1-2H3,(H,16,17). The maximum Gasteiger partial charge on any atom is 0.224 e. The largest absolute Gasteiger partial charge is 0.355 e. The zero-order valence-corrected chi connectivity index (χ0v) is 10.5. The van der Waals surface area contributed by atoms with Crippen LogP contribution in [0, 0.1) is 11.8 Å². The van der Waals surface area contributed by atoms with E-state index in [2.05, 4.69) is 10.3 Å². The van der Waals surface area contributed by atoms with Crippen molar-refractivity contribution < 1.29 is 4.79 Å². The highest BCUT2D eigenvalue weighted by Gasteiger charge is 2.19. The van der Waals surface area contributed by atoms with E-state index in [0.29, 0.717) is 13.1 Å². The van der Waals surface area contributed by atoms with Crippen LogP contribution in [-0.4, -0.2) is 24.0 Å². The molecule has 0 aromatic carbocycles. The number of nitrogens with zero attached hydrogens (tertiary/aromatic N) is 1. The lowest BCUT2D eigenvalue weighted by Gasteiger charge is -2.18. The van der Waals surface area contributed by atoms with Crippen molar-refractivity contribution in [3.63, 3.8) is 0 Å². The van der Waals surface area contributed by atoms with E-state index >= 15 is 0 Å². The summed E-state index contributed by atoms with van der Waals surface area (Å²) < 4.78 is 0. The zero-order valence-electron chi connectivity index (χ0n) is 10.5. The zero-order chi connectivity index (χ0) is 12.7. The second kappa shape index (κ2) is 7.01. The highest BCUT2D eigenvalue weighted by molar-refractivity contribution is 5.79. The van der Waals surface area contributed by atoms with E-state index in [0.717, 1.165) is 12.0 Å². The minimum absolute atomic E-state index is 0.0476. The van der Waals surface area contributed by atoms with Gasteiger partial charge in [0.25, 0.3) is 0 Å². The number of carbonyl (C=O) groups excluding carboxylic acids is 1. The molecule has 4 heteroatoms. The van der Waals surface area contributed by atoms with Gasteiger partial charge in [-0.3, -0.25) is 9.78 Å². The summed E-state index contributed by atoms with van der Waals surface area (Å²) in [6, 6.07) is 3.90. The van der Waals surface area contributed by atoms with E-state index in [4.69, 9.17) is 5.73 Å². The fraction of sp³-hybridized carbons (Fsp3) is 0.538. The van der Waals surface area contributed by atoms with Crippen LogP contribution in [0.5, 0.6) is 0 Å². The molecule has 4 nitrogen and oxygen atoms in total. The Labute approximate surface area is 103 Å². The second-order valence-corrected chi connectivity index (χ2v) is 4.49. The van der Waals surface area contributed by atoms with Crippen LogP contribution < -0.4 is 11.1 Å². The van der Waals surface area contributed by atoms with E-state index in [1.54, 1.807) is 6.20 Å². The Hall–Kier alpha value is -1.42. The lowest BCUT2D eigenvalue weighted by molar-refractivity contribution is -0.125. The summed E-state index contributed by atoms with van der Waals surface area (Å²) >= 11 is 0. The molecule has 1 aromatic rings. The molecule has 3 N–H and O–H groups in total. The molecule has 1 rings (SSSR count). The normalized spacial score (nSPS) is 12.5. The Morgan fingerprint density at radius 2 is 2.29 bits per heavy atom. The Morgan fingerprint density at radius 1 is 1.53 bits per heavy atom. The number of nitrogens with one attached hydrogen (secondary N) is 1. The van der Waals surface area contributed by atoms with Crippen molar-refractivity contribution in [2.45, 2.75) is 20.3 Å². The Balaban J connectivity index is 2.33. The first-order valence-corrected chi connectivity index (χ1v) is 6.01. The third-order valence-corrected chi connectivity index (χ3v) is 2.83. The number of amides is 1. The molecule has 0 aliphatic rings. The molecule has 0 spiro atoms. The number of hydrogen-bond acceptors (Lipinski definition) is 3. The fourth-order valence-electron chi connectivity index (χ4n) is 1.69. The summed E-state index contributed by atoms with van der Waals surface area (Å²) in [4.78, 5) is 15.8. The average molecular weight is 235 g/mol. The molecule has 94 valence electrons. The van der Waals surface area contributed by atoms with Crippen molar-refractivity contribution in [3.8, 4) is 0 Å². The Kier molecular flexibility index (Phi) is 5.63. The van der Waals surface area contributed by atoms with E-state index in [9.17, 15) is 4.79 Å². The SMILES string of the molecule is CC(C)C(CN)C(=O)NCCc1cccnc1. The van der Waals surface area contributed by atoms with Crippen molar-refractivity contribution in [1.29, 1.82) is 0 Å². The molecule has 0 aliphatic carbocycles. The van der Waals surface area contributed by atoms with Gasteiger partial charge in [0.05, 0.1) is 5.92 Å². The van der Waals surface area contributed by atoms with Gasteiger partial charge in [-0.05, 0) is 24.0 Å². The van der Waals surface area contributed by atoms with Crippen LogP contribution in [-0.2, 0) is 11.2 Å². The summed E-state index contributed by atoms with van der Waals surface area (Å²) in [5.41, 5.74) is 6.71. The fourth-order valence-corrected chi connectivity index (χ4v) is 1.69. The van der Waals surface area contributed by atoms with Gasteiger partial charge in [0.15, 0.2) is 0 Å². The summed E-state index contributed by atoms with van der Waals surface area (Å²) in [5.74, 6) is 0.230. The molecule has 17 heavy (non-hydrogen) atoms. The summed E-state index contributed by atoms with van der Waals surface area (Å²) in [6.45, 7) is 5.06. The molecule has 1 amide bonds. The highest BCUT2D eigenvalue weighted by atomic mass is 16.1. The molecular weight excluding hydrogens is 214 g/mol. The smallest absolute Gasteiger partial charge is 0.224 e. The van der Waals surface area contributed by atoms with Gasteiger partial charge >= 0.3 is 0 Å². The molecule has 0 bridgehead atoms. The van der Waals surface area contributed by atoms with Crippen LogP contribution in [0.3, 0.4) is 0 Å². The van der Waals surface area contributed by atoms with Gasteiger partial charge in [-0.15, -0.1) is 0 Å². The number of pyridine rings is 1. The molecule has 1 aromatic heterocycles. The number of rotatable bonds is 6. The molecule has 0 saturated heterocycles. The van der Waals surface area contributed by atoms with E-state index < -0.39 is 0 Å². The van der Waals surface area contributed by atoms with Crippen molar-refractivity contribution >= 4 is 5.91 Å². The number of aromatic nitrogens is 1. The first-order valence-electron chi connectivity index (χ1n) is 6.01. The lowest BCUT2D eigenvalue weighted by Crippen LogP contribution is -2.38. The number of nitrogens with two attached hydrogens (primary N) is 1. The Morgan fingerprint density at radius 3 is 2.82 bits per heavy atom. The minimum atomic E-state index is -0.0936. The van der Waals surface area contributed by atoms with E-state index in [-0.39, 0.29) is 17.7 Å². The van der Waals surface area contributed by atoms with Crippen LogP contribution >= 0.6 is 0 Å². The average Bonchev–Trinajstić information content (AvgIpc) is 2.30. The van der Waals surface area contributed by atoms with Crippen molar-refractivity contribution in [2.24, 2.45) is 17.6 Å². The van der Waals surface area contributed by atoms with E-state index in [1.165, 1.54) is 0 Å². The third-order valence-electron chi connectivity index (χ3n) is 2.83. The maximum atomic E-state index is 11.8. The van der Waals surface area contributed by atoms with Gasteiger partial charge in [0.2, 0.25) is 5.91 Å². The second-order valence-electron chi connectivity index (χ2n) is 4.49. The molecule has 1 heterocycles. The maximum absolute atomic E-state index is 11.8. The summed E-state index contributed by atoms with van der Waals surface area (Å²) in [5, 5.41) is 2.92. The van der Waals surface area contributed by atoms with Crippen LogP contribution in [0.4, 0.5) is 0 Å². The predicted molar refractivity (Wildman–Crippen MR) is 68.3 cm³/mol. The predicted octanol–water partition coefficient (Wildman–Crippen LogP) is 0.971. The molecule has 0 saturated carbocycles. The van der Waals surface area contributed by atoms with Gasteiger partial charge in [0.1, 0.15) is 0 Å². The minimum Gasteiger partial charge on any atom is -0.355 e. The number of hydrogen-bond donors (Lipinski definition) is 2. The molecule has 0 fully saturated rings. The van der Waals surface area contributed by atoms with Gasteiger partial charge in [-0.25, -0.2) is 0 Å². The number of carbonyl (C=O) groups is 1. The Bertz CT molecular complexity index is 338. The summed E-state index contributed by atoms with van der Waals surface area (Å²) in [6.07, 6.45) is 4.36. The molecule has 0 radical (unpaired) electrons. The molecule has 1 unspecified atom stereocenters.